The molecule has 2 aliphatic rings. The van der Waals surface area contributed by atoms with E-state index in [-0.39, 0.29) is 17.7 Å². The van der Waals surface area contributed by atoms with Crippen molar-refractivity contribution in [3.63, 3.8) is 0 Å². The van der Waals surface area contributed by atoms with Crippen LogP contribution in [-0.4, -0.2) is 42.3 Å². The molecule has 5 heteroatoms. The van der Waals surface area contributed by atoms with Crippen LogP contribution < -0.4 is 4.90 Å². The van der Waals surface area contributed by atoms with E-state index >= 15 is 0 Å². The highest BCUT2D eigenvalue weighted by molar-refractivity contribution is 6.00. The van der Waals surface area contributed by atoms with Crippen LogP contribution in [0.3, 0.4) is 0 Å². The van der Waals surface area contributed by atoms with Crippen LogP contribution >= 0.6 is 0 Å². The molecule has 1 amide bonds. The van der Waals surface area contributed by atoms with Gasteiger partial charge in [-0.25, -0.2) is 0 Å². The fraction of sp³-hybridized carbons (Fsp3) is 0.438. The number of Topliss-reactive ketones (excluding diaryl/α,β-unsaturated/α-hetero) is 1. The number of carbonyl (C=O) groups is 2. The Hall–Kier alpha value is -2.35. The molecular weight excluding hydrogens is 266 g/mol. The highest BCUT2D eigenvalue weighted by Gasteiger charge is 2.36. The van der Waals surface area contributed by atoms with Crippen molar-refractivity contribution in [3.8, 4) is 6.07 Å². The lowest BCUT2D eigenvalue weighted by Crippen LogP contribution is -2.51. The van der Waals surface area contributed by atoms with Crippen LogP contribution in [0.15, 0.2) is 18.2 Å². The standard InChI is InChI=1S/C16H17N3O2/c1-11(20)14-4-2-12(9-17)8-15(14)18-6-7-19-13(10-18)3-5-16(19)21/h2,4,8,13H,3,5-7,10H2,1H3. The lowest BCUT2D eigenvalue weighted by atomic mass is 10.0. The monoisotopic (exact) mass is 283 g/mol. The van der Waals surface area contributed by atoms with Gasteiger partial charge in [-0.15, -0.1) is 0 Å². The van der Waals surface area contributed by atoms with Crippen molar-refractivity contribution in [1.29, 1.82) is 5.26 Å². The van der Waals surface area contributed by atoms with Gasteiger partial charge in [0.2, 0.25) is 5.91 Å². The van der Waals surface area contributed by atoms with E-state index in [0.29, 0.717) is 30.6 Å². The molecule has 1 atom stereocenters. The molecule has 0 N–H and O–H groups in total. The van der Waals surface area contributed by atoms with Crippen LogP contribution in [0.4, 0.5) is 5.69 Å². The van der Waals surface area contributed by atoms with Crippen LogP contribution in [-0.2, 0) is 4.79 Å². The minimum atomic E-state index is -0.000539. The first-order valence-electron chi connectivity index (χ1n) is 7.19. The van der Waals surface area contributed by atoms with Gasteiger partial charge >= 0.3 is 0 Å². The third-order valence-electron chi connectivity index (χ3n) is 4.34. The van der Waals surface area contributed by atoms with E-state index in [2.05, 4.69) is 11.0 Å². The van der Waals surface area contributed by atoms with E-state index in [1.165, 1.54) is 0 Å². The molecule has 3 rings (SSSR count). The topological polar surface area (TPSA) is 64.4 Å². The maximum atomic E-state index is 11.8. The summed E-state index contributed by atoms with van der Waals surface area (Å²) in [6.07, 6.45) is 1.50. The number of anilines is 1. The van der Waals surface area contributed by atoms with Gasteiger partial charge < -0.3 is 9.80 Å². The van der Waals surface area contributed by atoms with Crippen LogP contribution in [0.5, 0.6) is 0 Å². The number of ketones is 1. The van der Waals surface area contributed by atoms with Gasteiger partial charge in [0.25, 0.3) is 0 Å². The minimum Gasteiger partial charge on any atom is -0.367 e. The van der Waals surface area contributed by atoms with Gasteiger partial charge in [0, 0.05) is 43.3 Å². The number of nitriles is 1. The van der Waals surface area contributed by atoms with Gasteiger partial charge in [-0.1, -0.05) is 0 Å². The fourth-order valence-corrected chi connectivity index (χ4v) is 3.24. The summed E-state index contributed by atoms with van der Waals surface area (Å²) >= 11 is 0. The molecule has 0 spiro atoms. The largest absolute Gasteiger partial charge is 0.367 e. The van der Waals surface area contributed by atoms with Crippen molar-refractivity contribution in [1.82, 2.24) is 4.90 Å². The third-order valence-corrected chi connectivity index (χ3v) is 4.34. The molecule has 2 aliphatic heterocycles. The van der Waals surface area contributed by atoms with Gasteiger partial charge in [0.15, 0.2) is 5.78 Å². The molecule has 2 saturated heterocycles. The number of benzene rings is 1. The summed E-state index contributed by atoms with van der Waals surface area (Å²) in [4.78, 5) is 27.6. The van der Waals surface area contributed by atoms with E-state index in [9.17, 15) is 9.59 Å². The predicted molar refractivity (Wildman–Crippen MR) is 78.1 cm³/mol. The average Bonchev–Trinajstić information content (AvgIpc) is 2.87. The van der Waals surface area contributed by atoms with Crippen molar-refractivity contribution >= 4 is 17.4 Å². The maximum Gasteiger partial charge on any atom is 0.223 e. The fourth-order valence-electron chi connectivity index (χ4n) is 3.24. The van der Waals surface area contributed by atoms with Crippen molar-refractivity contribution in [3.05, 3.63) is 29.3 Å². The van der Waals surface area contributed by atoms with E-state index in [4.69, 9.17) is 5.26 Å². The molecule has 0 bridgehead atoms. The normalized spacial score (nSPS) is 21.1. The lowest BCUT2D eigenvalue weighted by Gasteiger charge is -2.39. The summed E-state index contributed by atoms with van der Waals surface area (Å²) < 4.78 is 0. The Bertz CT molecular complexity index is 647. The number of carbonyl (C=O) groups excluding carboxylic acids is 2. The minimum absolute atomic E-state index is 0.000539. The number of hydrogen-bond acceptors (Lipinski definition) is 4. The molecule has 108 valence electrons. The number of hydrogen-bond donors (Lipinski definition) is 0. The van der Waals surface area contributed by atoms with Gasteiger partial charge in [-0.3, -0.25) is 9.59 Å². The van der Waals surface area contributed by atoms with E-state index in [1.807, 2.05) is 4.90 Å². The molecule has 0 radical (unpaired) electrons. The summed E-state index contributed by atoms with van der Waals surface area (Å²) in [6, 6.07) is 7.54. The highest BCUT2D eigenvalue weighted by Crippen LogP contribution is 2.29. The Kier molecular flexibility index (Phi) is 3.38. The molecule has 1 aromatic rings. The lowest BCUT2D eigenvalue weighted by molar-refractivity contribution is -0.129. The summed E-state index contributed by atoms with van der Waals surface area (Å²) in [5.41, 5.74) is 2.02. The van der Waals surface area contributed by atoms with Gasteiger partial charge in [0.05, 0.1) is 11.6 Å². The van der Waals surface area contributed by atoms with Crippen LogP contribution in [0.1, 0.15) is 35.7 Å². The van der Waals surface area contributed by atoms with E-state index < -0.39 is 0 Å². The second-order valence-corrected chi connectivity index (χ2v) is 5.63. The Morgan fingerprint density at radius 1 is 1.38 bits per heavy atom. The Balaban J connectivity index is 1.92. The number of piperazine rings is 1. The molecule has 0 aromatic heterocycles. The smallest absolute Gasteiger partial charge is 0.223 e. The van der Waals surface area contributed by atoms with Gasteiger partial charge in [-0.2, -0.15) is 5.26 Å². The van der Waals surface area contributed by atoms with Crippen LogP contribution in [0.2, 0.25) is 0 Å². The SMILES string of the molecule is CC(=O)c1ccc(C#N)cc1N1CCN2C(=O)CCC2C1. The highest BCUT2D eigenvalue weighted by atomic mass is 16.2. The number of amides is 1. The zero-order chi connectivity index (χ0) is 15.0. The summed E-state index contributed by atoms with van der Waals surface area (Å²) in [5, 5.41) is 9.07. The number of nitrogens with zero attached hydrogens (tertiary/aromatic N) is 3. The van der Waals surface area contributed by atoms with E-state index in [0.717, 1.165) is 18.7 Å². The second kappa shape index (κ2) is 5.21. The van der Waals surface area contributed by atoms with Crippen molar-refractivity contribution in [2.75, 3.05) is 24.5 Å². The van der Waals surface area contributed by atoms with Crippen molar-refractivity contribution in [2.24, 2.45) is 0 Å². The van der Waals surface area contributed by atoms with E-state index in [1.54, 1.807) is 25.1 Å². The summed E-state index contributed by atoms with van der Waals surface area (Å²) in [5.74, 6) is 0.233. The molecule has 0 saturated carbocycles. The van der Waals surface area contributed by atoms with Gasteiger partial charge in [-0.05, 0) is 31.5 Å². The maximum absolute atomic E-state index is 11.8. The average molecular weight is 283 g/mol. The molecule has 5 nitrogen and oxygen atoms in total. The number of fused-ring (bicyclic) bond motifs is 1. The molecule has 0 aliphatic carbocycles. The third kappa shape index (κ3) is 2.38. The Morgan fingerprint density at radius 3 is 2.90 bits per heavy atom. The zero-order valence-electron chi connectivity index (χ0n) is 12.0. The Morgan fingerprint density at radius 2 is 2.19 bits per heavy atom. The van der Waals surface area contributed by atoms with Gasteiger partial charge in [0.1, 0.15) is 0 Å². The quantitative estimate of drug-likeness (QED) is 0.773. The molecule has 1 unspecified atom stereocenters. The Labute approximate surface area is 123 Å². The van der Waals surface area contributed by atoms with Crippen LogP contribution in [0, 0.1) is 11.3 Å². The number of rotatable bonds is 2. The molecular formula is C16H17N3O2. The first-order chi connectivity index (χ1) is 10.1. The molecule has 2 fully saturated rings. The summed E-state index contributed by atoms with van der Waals surface area (Å²) in [6.45, 7) is 3.68. The molecule has 21 heavy (non-hydrogen) atoms. The first kappa shape index (κ1) is 13.6. The second-order valence-electron chi connectivity index (χ2n) is 5.63. The van der Waals surface area contributed by atoms with Crippen molar-refractivity contribution in [2.45, 2.75) is 25.8 Å². The van der Waals surface area contributed by atoms with Crippen molar-refractivity contribution < 1.29 is 9.59 Å². The molecule has 2 heterocycles. The van der Waals surface area contributed by atoms with Crippen LogP contribution in [0.25, 0.3) is 0 Å². The first-order valence-corrected chi connectivity index (χ1v) is 7.19. The molecule has 1 aromatic carbocycles. The summed E-state index contributed by atoms with van der Waals surface area (Å²) in [7, 11) is 0. The predicted octanol–water partition coefficient (Wildman–Crippen LogP) is 1.57. The zero-order valence-corrected chi connectivity index (χ0v) is 12.0.